The van der Waals surface area contributed by atoms with Crippen molar-refractivity contribution in [3.05, 3.63) is 28.6 Å². The van der Waals surface area contributed by atoms with Crippen LogP contribution in [0, 0.1) is 0 Å². The van der Waals surface area contributed by atoms with E-state index in [1.54, 1.807) is 18.9 Å². The first-order chi connectivity index (χ1) is 7.82. The van der Waals surface area contributed by atoms with E-state index in [9.17, 15) is 0 Å². The second-order valence-electron chi connectivity index (χ2n) is 6.39. The van der Waals surface area contributed by atoms with E-state index in [1.807, 2.05) is 11.3 Å². The molecule has 2 aromatic rings. The van der Waals surface area contributed by atoms with Crippen LogP contribution >= 0.6 is 22.7 Å². The van der Waals surface area contributed by atoms with Gasteiger partial charge in [-0.05, 0) is 0 Å². The zero-order chi connectivity index (χ0) is 12.4. The molecule has 0 aromatic carbocycles. The monoisotopic (exact) mass is 370 g/mol. The van der Waals surface area contributed by atoms with Gasteiger partial charge in [0.05, 0.1) is 0 Å². The Balaban J connectivity index is 2.26. The molecule has 90 valence electrons. The van der Waals surface area contributed by atoms with Crippen LogP contribution in [0.25, 0.3) is 9.75 Å². The zero-order valence-electron chi connectivity index (χ0n) is 11.0. The van der Waals surface area contributed by atoms with Crippen molar-refractivity contribution in [1.29, 1.82) is 0 Å². The van der Waals surface area contributed by atoms with Gasteiger partial charge in [-0.3, -0.25) is 0 Å². The summed E-state index contributed by atoms with van der Waals surface area (Å²) in [6.07, 6.45) is 0. The fraction of sp³-hybridized carbons (Fsp3) is 0.429. The molecular weight excluding hydrogens is 351 g/mol. The van der Waals surface area contributed by atoms with Gasteiger partial charge in [0.2, 0.25) is 0 Å². The molecule has 1 aliphatic rings. The summed E-state index contributed by atoms with van der Waals surface area (Å²) in [6, 6.07) is 4.84. The Morgan fingerprint density at radius 1 is 1.06 bits per heavy atom. The van der Waals surface area contributed by atoms with Gasteiger partial charge in [-0.2, -0.15) is 0 Å². The van der Waals surface area contributed by atoms with E-state index >= 15 is 0 Å². The molecule has 0 unspecified atom stereocenters. The molecule has 0 amide bonds. The van der Waals surface area contributed by atoms with Crippen molar-refractivity contribution in [2.45, 2.75) is 34.1 Å². The molecule has 0 N–H and O–H groups in total. The second kappa shape index (κ2) is 3.61. The Morgan fingerprint density at radius 3 is 2.41 bits per heavy atom. The maximum atomic E-state index is 2.53. The van der Waals surface area contributed by atoms with E-state index in [-0.39, 0.29) is 5.41 Å². The van der Waals surface area contributed by atoms with Crippen LogP contribution in [0.1, 0.15) is 25.0 Å². The van der Waals surface area contributed by atoms with E-state index in [0.717, 1.165) is 0 Å². The summed E-state index contributed by atoms with van der Waals surface area (Å²) in [4.78, 5) is 10.6. The minimum atomic E-state index is -1.90. The topological polar surface area (TPSA) is 0 Å². The summed E-state index contributed by atoms with van der Waals surface area (Å²) in [5.41, 5.74) is 3.36. The molecular formula is C14H18S2Sn. The van der Waals surface area contributed by atoms with Gasteiger partial charge in [0, 0.05) is 0 Å². The van der Waals surface area contributed by atoms with E-state index in [1.165, 1.54) is 4.88 Å². The zero-order valence-corrected chi connectivity index (χ0v) is 15.5. The molecule has 2 heterocycles. The molecule has 1 aliphatic carbocycles. The van der Waals surface area contributed by atoms with E-state index in [4.69, 9.17) is 0 Å². The summed E-state index contributed by atoms with van der Waals surface area (Å²) in [7, 11) is 0. The molecule has 3 heteroatoms. The van der Waals surface area contributed by atoms with Gasteiger partial charge < -0.3 is 0 Å². The van der Waals surface area contributed by atoms with Crippen LogP contribution in [0.4, 0.5) is 0 Å². The molecule has 0 fully saturated rings. The molecule has 0 nitrogen and oxygen atoms in total. The van der Waals surface area contributed by atoms with Crippen LogP contribution in [0.3, 0.4) is 0 Å². The standard InChI is InChI=1S/C11H9S2.3CH3.Sn/c1-11(2)7-3-5-12-9(7)10-8(11)4-6-13-10;;;;/h3-5H,1-2H3;3*1H3;. The van der Waals surface area contributed by atoms with Gasteiger partial charge in [0.1, 0.15) is 0 Å². The predicted octanol–water partition coefficient (Wildman–Crippen LogP) is 4.66. The Morgan fingerprint density at radius 2 is 1.76 bits per heavy atom. The average molecular weight is 369 g/mol. The van der Waals surface area contributed by atoms with Crippen LogP contribution in [0.5, 0.6) is 0 Å². The van der Waals surface area contributed by atoms with Crippen molar-refractivity contribution in [1.82, 2.24) is 0 Å². The minimum absolute atomic E-state index is 0.233. The van der Waals surface area contributed by atoms with Gasteiger partial charge in [0.15, 0.2) is 0 Å². The van der Waals surface area contributed by atoms with Crippen LogP contribution in [-0.2, 0) is 5.41 Å². The molecule has 0 aliphatic heterocycles. The van der Waals surface area contributed by atoms with E-state index < -0.39 is 18.4 Å². The Bertz CT molecular complexity index is 582. The molecule has 0 spiro atoms. The third-order valence-corrected chi connectivity index (χ3v) is 15.3. The van der Waals surface area contributed by atoms with Crippen LogP contribution in [0.2, 0.25) is 14.8 Å². The quantitative estimate of drug-likeness (QED) is 0.642. The van der Waals surface area contributed by atoms with Gasteiger partial charge in [-0.25, -0.2) is 0 Å². The Labute approximate surface area is 116 Å². The third-order valence-electron chi connectivity index (χ3n) is 3.69. The third kappa shape index (κ3) is 1.67. The van der Waals surface area contributed by atoms with Crippen molar-refractivity contribution in [3.63, 3.8) is 0 Å². The number of hydrogen-bond acceptors (Lipinski definition) is 2. The van der Waals surface area contributed by atoms with Gasteiger partial charge in [-0.1, -0.05) is 0 Å². The van der Waals surface area contributed by atoms with Gasteiger partial charge in [-0.15, -0.1) is 0 Å². The Hall–Kier alpha value is 0.199. The van der Waals surface area contributed by atoms with Crippen molar-refractivity contribution in [3.8, 4) is 9.75 Å². The van der Waals surface area contributed by atoms with Crippen molar-refractivity contribution in [2.24, 2.45) is 0 Å². The fourth-order valence-corrected chi connectivity index (χ4v) is 10.3. The van der Waals surface area contributed by atoms with E-state index in [2.05, 4.69) is 57.5 Å². The summed E-state index contributed by atoms with van der Waals surface area (Å²) in [6.45, 7) is 4.75. The molecule has 17 heavy (non-hydrogen) atoms. The predicted molar refractivity (Wildman–Crippen MR) is 82.7 cm³/mol. The average Bonchev–Trinajstić information content (AvgIpc) is 2.85. The summed E-state index contributed by atoms with van der Waals surface area (Å²) in [5, 5.41) is 2.25. The molecule has 2 aromatic heterocycles. The van der Waals surface area contributed by atoms with Crippen molar-refractivity contribution in [2.75, 3.05) is 0 Å². The van der Waals surface area contributed by atoms with Gasteiger partial charge in [0.25, 0.3) is 0 Å². The van der Waals surface area contributed by atoms with Crippen molar-refractivity contribution >= 4 is 43.9 Å². The summed E-state index contributed by atoms with van der Waals surface area (Å²) < 4.78 is 1.72. The Kier molecular flexibility index (Phi) is 2.60. The van der Waals surface area contributed by atoms with Gasteiger partial charge >= 0.3 is 116 Å². The van der Waals surface area contributed by atoms with Crippen LogP contribution < -0.4 is 2.89 Å². The molecule has 3 rings (SSSR count). The first-order valence-electron chi connectivity index (χ1n) is 6.05. The first kappa shape index (κ1) is 12.2. The number of fused-ring (bicyclic) bond motifs is 3. The molecule has 0 atom stereocenters. The molecule has 0 bridgehead atoms. The maximum absolute atomic E-state index is 2.53. The molecule has 0 saturated carbocycles. The SMILES string of the molecule is CC1(C)c2ccsc2-c2s[c]([Sn]([CH3])([CH3])[CH3])cc21. The normalized spacial score (nSPS) is 17.0. The molecule has 0 radical (unpaired) electrons. The van der Waals surface area contributed by atoms with Crippen LogP contribution in [-0.4, -0.2) is 18.4 Å². The fourth-order valence-electron chi connectivity index (χ4n) is 2.52. The summed E-state index contributed by atoms with van der Waals surface area (Å²) >= 11 is 2.10. The van der Waals surface area contributed by atoms with Crippen molar-refractivity contribution < 1.29 is 0 Å². The summed E-state index contributed by atoms with van der Waals surface area (Å²) in [5.74, 6) is 0. The molecule has 0 saturated heterocycles. The number of hydrogen-bond donors (Lipinski definition) is 0. The van der Waals surface area contributed by atoms with E-state index in [0.29, 0.717) is 0 Å². The van der Waals surface area contributed by atoms with Crippen LogP contribution in [0.15, 0.2) is 17.5 Å². The number of rotatable bonds is 1. The first-order valence-corrected chi connectivity index (χ1v) is 17.7. The second-order valence-corrected chi connectivity index (χ2v) is 23.8. The number of thiophene rings is 2.